The van der Waals surface area contributed by atoms with Crippen molar-refractivity contribution >= 4 is 81.8 Å². The molecule has 10 heteroatoms. The lowest BCUT2D eigenvalue weighted by Crippen LogP contribution is -2.16. The summed E-state index contributed by atoms with van der Waals surface area (Å²) in [5, 5.41) is 0. The molecule has 0 saturated heterocycles. The van der Waals surface area contributed by atoms with Crippen molar-refractivity contribution in [2.24, 2.45) is 0 Å². The van der Waals surface area contributed by atoms with E-state index in [1.807, 2.05) is 60.7 Å². The highest BCUT2D eigenvalue weighted by Gasteiger charge is 2.34. The van der Waals surface area contributed by atoms with Crippen LogP contribution in [0.3, 0.4) is 0 Å². The molecule has 33 heavy (non-hydrogen) atoms. The lowest BCUT2D eigenvalue weighted by molar-refractivity contribution is 0.309. The minimum Gasteiger partial charge on any atom is -0.494 e. The Morgan fingerprint density at radius 1 is 0.727 bits per heavy atom. The highest BCUT2D eigenvalue weighted by Crippen LogP contribution is 2.40. The van der Waals surface area contributed by atoms with Crippen molar-refractivity contribution < 1.29 is 4.74 Å². The molecule has 0 N–H and O–H groups in total. The Morgan fingerprint density at radius 3 is 1.67 bits per heavy atom. The van der Waals surface area contributed by atoms with E-state index in [0.717, 1.165) is 36.3 Å². The number of nitrogens with zero attached hydrogens (tertiary/aromatic N) is 3. The molecule has 0 radical (unpaired) electrons. The summed E-state index contributed by atoms with van der Waals surface area (Å²) in [6.07, 6.45) is 6.15. The molecule has 0 unspecified atom stereocenters. The van der Waals surface area contributed by atoms with Crippen LogP contribution < -0.4 is 4.74 Å². The molecule has 0 fully saturated rings. The summed E-state index contributed by atoms with van der Waals surface area (Å²) in [6.45, 7) is 2.86. The van der Waals surface area contributed by atoms with E-state index < -0.39 is 7.59 Å². The Labute approximate surface area is 222 Å². The third kappa shape index (κ3) is 7.88. The molecular formula is C23H19Cl6N3O. The van der Waals surface area contributed by atoms with Gasteiger partial charge in [-0.2, -0.15) is 0 Å². The zero-order valence-corrected chi connectivity index (χ0v) is 21.9. The van der Waals surface area contributed by atoms with Crippen molar-refractivity contribution in [2.75, 3.05) is 6.61 Å². The van der Waals surface area contributed by atoms with Crippen LogP contribution in [-0.2, 0) is 7.59 Å². The minimum atomic E-state index is -1.90. The van der Waals surface area contributed by atoms with Gasteiger partial charge in [-0.05, 0) is 29.7 Å². The van der Waals surface area contributed by atoms with E-state index in [4.69, 9.17) is 74.3 Å². The molecule has 4 nitrogen and oxygen atoms in total. The third-order valence-corrected chi connectivity index (χ3v) is 5.44. The normalized spacial score (nSPS) is 12.3. The number of alkyl halides is 6. The van der Waals surface area contributed by atoms with E-state index in [-0.39, 0.29) is 17.5 Å². The van der Waals surface area contributed by atoms with E-state index in [2.05, 4.69) is 21.9 Å². The summed E-state index contributed by atoms with van der Waals surface area (Å²) >= 11 is 35.6. The van der Waals surface area contributed by atoms with Crippen LogP contribution in [0.25, 0.3) is 23.5 Å². The fourth-order valence-corrected chi connectivity index (χ4v) is 3.21. The lowest BCUT2D eigenvalue weighted by Gasteiger charge is -2.15. The van der Waals surface area contributed by atoms with Gasteiger partial charge in [-0.15, -0.1) is 0 Å². The Morgan fingerprint density at radius 2 is 1.21 bits per heavy atom. The SMILES string of the molecule is CCCCOc1ccc(C=Cc2ccc(-c3nc(C(Cl)(Cl)Cl)nc(C(Cl)(Cl)Cl)n3)cc2)cc1. The van der Waals surface area contributed by atoms with Crippen LogP contribution in [0.5, 0.6) is 5.75 Å². The largest absolute Gasteiger partial charge is 0.494 e. The second kappa shape index (κ2) is 11.4. The summed E-state index contributed by atoms with van der Waals surface area (Å²) in [4.78, 5) is 12.4. The predicted octanol–water partition coefficient (Wildman–Crippen LogP) is 8.54. The summed E-state index contributed by atoms with van der Waals surface area (Å²) in [7, 11) is 0. The molecule has 0 aliphatic heterocycles. The Balaban J connectivity index is 1.77. The topological polar surface area (TPSA) is 47.9 Å². The quantitative estimate of drug-likeness (QED) is 0.164. The zero-order chi connectivity index (χ0) is 24.1. The summed E-state index contributed by atoms with van der Waals surface area (Å²) in [5.41, 5.74) is 2.67. The molecule has 1 heterocycles. The fraction of sp³-hybridized carbons (Fsp3) is 0.261. The molecule has 3 aromatic rings. The van der Waals surface area contributed by atoms with E-state index >= 15 is 0 Å². The maximum atomic E-state index is 5.94. The third-order valence-electron chi connectivity index (χ3n) is 4.43. The standard InChI is InChI=1S/C23H19Cl6N3O/c1-2-3-14-33-18-12-8-16(9-13-18)5-4-15-6-10-17(11-7-15)19-30-20(22(24,25)26)32-21(31-19)23(27,28)29/h4-13H,2-3,14H2,1H3. The number of halogens is 6. The fourth-order valence-electron chi connectivity index (χ4n) is 2.70. The van der Waals surface area contributed by atoms with E-state index in [1.54, 1.807) is 0 Å². The Hall–Kier alpha value is -1.27. The van der Waals surface area contributed by atoms with Crippen LogP contribution in [-0.4, -0.2) is 21.6 Å². The highest BCUT2D eigenvalue weighted by atomic mass is 35.6. The monoisotopic (exact) mass is 563 g/mol. The number of ether oxygens (including phenoxy) is 1. The van der Waals surface area contributed by atoms with Crippen molar-refractivity contribution in [3.8, 4) is 17.1 Å². The van der Waals surface area contributed by atoms with Gasteiger partial charge < -0.3 is 4.74 Å². The van der Waals surface area contributed by atoms with Crippen molar-refractivity contribution in [3.63, 3.8) is 0 Å². The van der Waals surface area contributed by atoms with Gasteiger partial charge in [0, 0.05) is 5.56 Å². The molecule has 1 aromatic heterocycles. The van der Waals surface area contributed by atoms with Gasteiger partial charge in [0.1, 0.15) is 5.75 Å². The van der Waals surface area contributed by atoms with Crippen LogP contribution in [0.15, 0.2) is 48.5 Å². The van der Waals surface area contributed by atoms with E-state index in [9.17, 15) is 0 Å². The Bertz CT molecular complexity index is 1060. The van der Waals surface area contributed by atoms with Crippen LogP contribution in [0.1, 0.15) is 42.5 Å². The van der Waals surface area contributed by atoms with Gasteiger partial charge >= 0.3 is 0 Å². The first-order valence-corrected chi connectivity index (χ1v) is 12.2. The lowest BCUT2D eigenvalue weighted by atomic mass is 10.1. The number of rotatable bonds is 7. The maximum Gasteiger partial charge on any atom is 0.250 e. The van der Waals surface area contributed by atoms with Crippen LogP contribution >= 0.6 is 69.6 Å². The van der Waals surface area contributed by atoms with Gasteiger partial charge in [-0.25, -0.2) is 15.0 Å². The molecule has 174 valence electrons. The van der Waals surface area contributed by atoms with Gasteiger partial charge in [0.25, 0.3) is 0 Å². The molecular weight excluding hydrogens is 547 g/mol. The molecule has 2 aromatic carbocycles. The number of aromatic nitrogens is 3. The van der Waals surface area contributed by atoms with Gasteiger partial charge in [0.2, 0.25) is 7.59 Å². The van der Waals surface area contributed by atoms with Gasteiger partial charge in [-0.3, -0.25) is 0 Å². The summed E-state index contributed by atoms with van der Waals surface area (Å²) in [5.74, 6) is 0.822. The number of benzene rings is 2. The molecule has 0 atom stereocenters. The van der Waals surface area contributed by atoms with Gasteiger partial charge in [0.15, 0.2) is 17.5 Å². The molecule has 0 amide bonds. The summed E-state index contributed by atoms with van der Waals surface area (Å²) < 4.78 is 1.89. The van der Waals surface area contributed by atoms with Crippen molar-refractivity contribution in [1.82, 2.24) is 15.0 Å². The highest BCUT2D eigenvalue weighted by molar-refractivity contribution is 6.67. The first kappa shape index (κ1) is 26.3. The number of unbranched alkanes of at least 4 members (excludes halogenated alkanes) is 1. The van der Waals surface area contributed by atoms with E-state index in [1.165, 1.54) is 0 Å². The van der Waals surface area contributed by atoms with Gasteiger partial charge in [-0.1, -0.05) is 132 Å². The minimum absolute atomic E-state index is 0.134. The summed E-state index contributed by atoms with van der Waals surface area (Å²) in [6, 6.07) is 15.4. The van der Waals surface area contributed by atoms with Crippen molar-refractivity contribution in [2.45, 2.75) is 27.4 Å². The molecule has 0 bridgehead atoms. The molecule has 0 saturated carbocycles. The number of hydrogen-bond acceptors (Lipinski definition) is 4. The van der Waals surface area contributed by atoms with Gasteiger partial charge in [0.05, 0.1) is 6.61 Å². The first-order valence-electron chi connectivity index (χ1n) is 9.98. The molecule has 0 aliphatic rings. The van der Waals surface area contributed by atoms with Crippen LogP contribution in [0.4, 0.5) is 0 Å². The van der Waals surface area contributed by atoms with E-state index in [0.29, 0.717) is 5.56 Å². The second-order valence-electron chi connectivity index (χ2n) is 7.03. The Kier molecular flexibility index (Phi) is 9.13. The first-order chi connectivity index (χ1) is 15.6. The molecule has 0 spiro atoms. The zero-order valence-electron chi connectivity index (χ0n) is 17.4. The van der Waals surface area contributed by atoms with Crippen molar-refractivity contribution in [1.29, 1.82) is 0 Å². The molecule has 3 rings (SSSR count). The number of hydrogen-bond donors (Lipinski definition) is 0. The average molecular weight is 566 g/mol. The van der Waals surface area contributed by atoms with Crippen molar-refractivity contribution in [3.05, 3.63) is 71.3 Å². The van der Waals surface area contributed by atoms with Crippen LogP contribution in [0, 0.1) is 0 Å². The molecule has 0 aliphatic carbocycles. The predicted molar refractivity (Wildman–Crippen MR) is 140 cm³/mol. The average Bonchev–Trinajstić information content (AvgIpc) is 2.77. The van der Waals surface area contributed by atoms with Crippen LogP contribution in [0.2, 0.25) is 0 Å². The smallest absolute Gasteiger partial charge is 0.250 e. The second-order valence-corrected chi connectivity index (χ2v) is 11.6. The maximum absolute atomic E-state index is 5.94.